The second kappa shape index (κ2) is 7.51. The number of halogens is 2. The Kier molecular flexibility index (Phi) is 5.18. The Balaban J connectivity index is 1.84. The first-order valence-electron chi connectivity index (χ1n) is 7.30. The first kappa shape index (κ1) is 16.6. The van der Waals surface area contributed by atoms with Crippen molar-refractivity contribution in [1.82, 2.24) is 9.55 Å². The fourth-order valence-electron chi connectivity index (χ4n) is 2.31. The number of ether oxygens (including phenoxy) is 1. The van der Waals surface area contributed by atoms with Crippen LogP contribution in [0.4, 0.5) is 0 Å². The van der Waals surface area contributed by atoms with Gasteiger partial charge in [0, 0.05) is 17.4 Å². The highest BCUT2D eigenvalue weighted by Crippen LogP contribution is 2.26. The first-order chi connectivity index (χ1) is 11.6. The number of nitrogens with zero attached hydrogens (tertiary/aromatic N) is 2. The van der Waals surface area contributed by atoms with Crippen LogP contribution in [-0.4, -0.2) is 15.5 Å². The summed E-state index contributed by atoms with van der Waals surface area (Å²) < 4.78 is 7.56. The molecule has 0 radical (unpaired) electrons. The van der Waals surface area contributed by atoms with Crippen molar-refractivity contribution < 1.29 is 9.53 Å². The van der Waals surface area contributed by atoms with E-state index >= 15 is 0 Å². The third kappa shape index (κ3) is 3.96. The average molecular weight is 361 g/mol. The summed E-state index contributed by atoms with van der Waals surface area (Å²) in [6, 6.07) is 14.2. The number of benzene rings is 2. The van der Waals surface area contributed by atoms with Crippen LogP contribution in [0.3, 0.4) is 0 Å². The van der Waals surface area contributed by atoms with Crippen molar-refractivity contribution in [3.05, 3.63) is 88.4 Å². The van der Waals surface area contributed by atoms with E-state index in [-0.39, 0.29) is 10.6 Å². The van der Waals surface area contributed by atoms with Gasteiger partial charge < -0.3 is 9.30 Å². The van der Waals surface area contributed by atoms with E-state index in [1.807, 2.05) is 41.1 Å². The van der Waals surface area contributed by atoms with Gasteiger partial charge in [-0.15, -0.1) is 0 Å². The molecule has 0 saturated carbocycles. The Morgan fingerprint density at radius 1 is 1.17 bits per heavy atom. The molecule has 0 bridgehead atoms. The van der Waals surface area contributed by atoms with E-state index < -0.39 is 12.1 Å². The molecule has 0 aliphatic carbocycles. The molecule has 1 aromatic heterocycles. The SMILES string of the molecule is O=C(OC(Cn1ccnc1)c1ccccc1)c1ccc(Cl)cc1Cl. The summed E-state index contributed by atoms with van der Waals surface area (Å²) in [4.78, 5) is 16.5. The Morgan fingerprint density at radius 2 is 1.96 bits per heavy atom. The quantitative estimate of drug-likeness (QED) is 0.614. The Labute approximate surface area is 149 Å². The van der Waals surface area contributed by atoms with E-state index in [2.05, 4.69) is 4.98 Å². The van der Waals surface area contributed by atoms with Crippen LogP contribution in [0, 0.1) is 0 Å². The summed E-state index contributed by atoms with van der Waals surface area (Å²) in [5, 5.41) is 0.733. The van der Waals surface area contributed by atoms with Crippen molar-refractivity contribution in [2.24, 2.45) is 0 Å². The van der Waals surface area contributed by atoms with Crippen LogP contribution in [0.5, 0.6) is 0 Å². The minimum absolute atomic E-state index is 0.266. The zero-order chi connectivity index (χ0) is 16.9. The van der Waals surface area contributed by atoms with Crippen LogP contribution in [0.15, 0.2) is 67.3 Å². The highest BCUT2D eigenvalue weighted by molar-refractivity contribution is 6.36. The lowest BCUT2D eigenvalue weighted by molar-refractivity contribution is 0.0255. The molecule has 3 rings (SSSR count). The van der Waals surface area contributed by atoms with Crippen LogP contribution >= 0.6 is 23.2 Å². The van der Waals surface area contributed by atoms with Gasteiger partial charge in [0.1, 0.15) is 6.10 Å². The predicted octanol–water partition coefficient (Wildman–Crippen LogP) is 4.79. The maximum atomic E-state index is 12.5. The molecule has 0 saturated heterocycles. The topological polar surface area (TPSA) is 44.1 Å². The van der Waals surface area contributed by atoms with Gasteiger partial charge in [-0.05, 0) is 23.8 Å². The number of hydrogen-bond donors (Lipinski definition) is 0. The number of esters is 1. The molecule has 0 aliphatic rings. The van der Waals surface area contributed by atoms with Gasteiger partial charge in [-0.1, -0.05) is 53.5 Å². The number of carbonyl (C=O) groups excluding carboxylic acids is 1. The lowest BCUT2D eigenvalue weighted by Gasteiger charge is -2.19. The minimum atomic E-state index is -0.495. The number of rotatable bonds is 5. The summed E-state index contributed by atoms with van der Waals surface area (Å²) in [7, 11) is 0. The third-order valence-corrected chi connectivity index (χ3v) is 4.06. The fraction of sp³-hybridized carbons (Fsp3) is 0.111. The van der Waals surface area contributed by atoms with E-state index in [0.717, 1.165) is 5.56 Å². The smallest absolute Gasteiger partial charge is 0.340 e. The molecule has 0 N–H and O–H groups in total. The summed E-state index contributed by atoms with van der Waals surface area (Å²) in [5.41, 5.74) is 1.18. The molecule has 24 heavy (non-hydrogen) atoms. The van der Waals surface area contributed by atoms with E-state index in [9.17, 15) is 4.79 Å². The molecule has 1 heterocycles. The lowest BCUT2D eigenvalue weighted by Crippen LogP contribution is -2.17. The maximum absolute atomic E-state index is 12.5. The monoisotopic (exact) mass is 360 g/mol. The highest BCUT2D eigenvalue weighted by Gasteiger charge is 2.20. The zero-order valence-corrected chi connectivity index (χ0v) is 14.1. The van der Waals surface area contributed by atoms with E-state index in [4.69, 9.17) is 27.9 Å². The van der Waals surface area contributed by atoms with Gasteiger partial charge in [0.2, 0.25) is 0 Å². The van der Waals surface area contributed by atoms with Crippen molar-refractivity contribution in [1.29, 1.82) is 0 Å². The van der Waals surface area contributed by atoms with Gasteiger partial charge in [-0.2, -0.15) is 0 Å². The molecule has 3 aromatic rings. The molecule has 0 amide bonds. The summed E-state index contributed by atoms with van der Waals surface area (Å²) >= 11 is 12.0. The molecule has 1 unspecified atom stereocenters. The number of aromatic nitrogens is 2. The van der Waals surface area contributed by atoms with Crippen molar-refractivity contribution in [3.63, 3.8) is 0 Å². The molecule has 6 heteroatoms. The Hall–Kier alpha value is -2.30. The molecular weight excluding hydrogens is 347 g/mol. The minimum Gasteiger partial charge on any atom is -0.452 e. The summed E-state index contributed by atoms with van der Waals surface area (Å²) in [5.74, 6) is -0.495. The predicted molar refractivity (Wildman–Crippen MR) is 93.3 cm³/mol. The van der Waals surface area contributed by atoms with E-state index in [0.29, 0.717) is 11.6 Å². The molecule has 122 valence electrons. The molecular formula is C18H14Cl2N2O2. The second-order valence-electron chi connectivity index (χ2n) is 5.19. The normalized spacial score (nSPS) is 11.9. The highest BCUT2D eigenvalue weighted by atomic mass is 35.5. The summed E-state index contributed by atoms with van der Waals surface area (Å²) in [6.07, 6.45) is 4.72. The summed E-state index contributed by atoms with van der Waals surface area (Å²) in [6.45, 7) is 0.459. The average Bonchev–Trinajstić information content (AvgIpc) is 3.08. The Bertz CT molecular complexity index is 820. The fourth-order valence-corrected chi connectivity index (χ4v) is 2.80. The van der Waals surface area contributed by atoms with Crippen molar-refractivity contribution in [2.45, 2.75) is 12.6 Å². The number of imidazole rings is 1. The molecule has 1 atom stereocenters. The molecule has 0 aliphatic heterocycles. The van der Waals surface area contributed by atoms with Gasteiger partial charge in [0.05, 0.1) is 23.5 Å². The number of carbonyl (C=O) groups is 1. The van der Waals surface area contributed by atoms with Gasteiger partial charge in [0.15, 0.2) is 0 Å². The second-order valence-corrected chi connectivity index (χ2v) is 6.03. The van der Waals surface area contributed by atoms with Crippen LogP contribution in [0.2, 0.25) is 10.0 Å². The van der Waals surface area contributed by atoms with Gasteiger partial charge in [-0.25, -0.2) is 9.78 Å². The van der Waals surface area contributed by atoms with Gasteiger partial charge >= 0.3 is 5.97 Å². The van der Waals surface area contributed by atoms with Gasteiger partial charge in [-0.3, -0.25) is 0 Å². The van der Waals surface area contributed by atoms with E-state index in [1.54, 1.807) is 24.7 Å². The zero-order valence-electron chi connectivity index (χ0n) is 12.6. The van der Waals surface area contributed by atoms with Crippen LogP contribution in [0.1, 0.15) is 22.0 Å². The van der Waals surface area contributed by atoms with Crippen LogP contribution < -0.4 is 0 Å². The van der Waals surface area contributed by atoms with Gasteiger partial charge in [0.25, 0.3) is 0 Å². The maximum Gasteiger partial charge on any atom is 0.340 e. The van der Waals surface area contributed by atoms with E-state index in [1.165, 1.54) is 6.07 Å². The molecule has 2 aromatic carbocycles. The van der Waals surface area contributed by atoms with Crippen LogP contribution in [-0.2, 0) is 11.3 Å². The van der Waals surface area contributed by atoms with Crippen molar-refractivity contribution in [2.75, 3.05) is 0 Å². The van der Waals surface area contributed by atoms with Crippen molar-refractivity contribution >= 4 is 29.2 Å². The van der Waals surface area contributed by atoms with Crippen LogP contribution in [0.25, 0.3) is 0 Å². The molecule has 0 spiro atoms. The molecule has 0 fully saturated rings. The molecule has 4 nitrogen and oxygen atoms in total. The lowest BCUT2D eigenvalue weighted by atomic mass is 10.1. The number of hydrogen-bond acceptors (Lipinski definition) is 3. The first-order valence-corrected chi connectivity index (χ1v) is 8.06. The third-order valence-electron chi connectivity index (χ3n) is 3.51. The standard InChI is InChI=1S/C18H14Cl2N2O2/c19-14-6-7-15(16(20)10-14)18(23)24-17(11-22-9-8-21-12-22)13-4-2-1-3-5-13/h1-10,12,17H,11H2. The Morgan fingerprint density at radius 3 is 2.62 bits per heavy atom. The largest absolute Gasteiger partial charge is 0.452 e. The van der Waals surface area contributed by atoms with Crippen molar-refractivity contribution in [3.8, 4) is 0 Å².